The summed E-state index contributed by atoms with van der Waals surface area (Å²) in [6.45, 7) is 1.66. The van der Waals surface area contributed by atoms with E-state index in [9.17, 15) is 4.39 Å². The molecule has 22 heavy (non-hydrogen) atoms. The average molecular weight is 315 g/mol. The summed E-state index contributed by atoms with van der Waals surface area (Å²) in [5.74, 6) is -0.113. The van der Waals surface area contributed by atoms with E-state index >= 15 is 0 Å². The fourth-order valence-electron chi connectivity index (χ4n) is 3.32. The number of benzene rings is 1. The van der Waals surface area contributed by atoms with Gasteiger partial charge in [0.2, 0.25) is 0 Å². The molecular weight excluding hydrogens is 297 g/mol. The fraction of sp³-hybridized carbons (Fsp3) is 0.353. The largest absolute Gasteiger partial charge is 0.297 e. The summed E-state index contributed by atoms with van der Waals surface area (Å²) < 4.78 is 16.1. The van der Waals surface area contributed by atoms with Gasteiger partial charge in [-0.2, -0.15) is 0 Å². The van der Waals surface area contributed by atoms with Crippen LogP contribution in [0.1, 0.15) is 36.6 Å². The molecule has 0 saturated carbocycles. The van der Waals surface area contributed by atoms with Crippen molar-refractivity contribution in [3.63, 3.8) is 0 Å². The van der Waals surface area contributed by atoms with E-state index in [0.717, 1.165) is 24.2 Å². The standard InChI is InChI=1S/C17H18FN3S/c18-14-6-2-1-5-13(14)11-20-8-4-3-7-15(20)16-17-21(12-19-16)9-10-22-17/h1-2,5-6,9-10,12,15H,3-4,7-8,11H2/t15-/m1/s1. The molecule has 4 rings (SSSR count). The lowest BCUT2D eigenvalue weighted by atomic mass is 9.99. The van der Waals surface area contributed by atoms with Gasteiger partial charge in [-0.1, -0.05) is 24.6 Å². The first-order valence-corrected chi connectivity index (χ1v) is 8.58. The van der Waals surface area contributed by atoms with Gasteiger partial charge in [-0.05, 0) is 25.5 Å². The number of piperidine rings is 1. The molecule has 1 aromatic carbocycles. The highest BCUT2D eigenvalue weighted by Crippen LogP contribution is 2.35. The van der Waals surface area contributed by atoms with Gasteiger partial charge < -0.3 is 0 Å². The minimum absolute atomic E-state index is 0.113. The van der Waals surface area contributed by atoms with Gasteiger partial charge in [0, 0.05) is 23.7 Å². The monoisotopic (exact) mass is 315 g/mol. The predicted molar refractivity (Wildman–Crippen MR) is 86.5 cm³/mol. The Balaban J connectivity index is 1.65. The van der Waals surface area contributed by atoms with E-state index in [4.69, 9.17) is 0 Å². The molecule has 0 amide bonds. The summed E-state index contributed by atoms with van der Waals surface area (Å²) in [4.78, 5) is 8.22. The van der Waals surface area contributed by atoms with E-state index in [2.05, 4.69) is 19.7 Å². The number of halogens is 1. The first kappa shape index (κ1) is 13.9. The maximum atomic E-state index is 14.0. The Labute approximate surface area is 133 Å². The number of nitrogens with zero attached hydrogens (tertiary/aromatic N) is 3. The number of thiazole rings is 1. The van der Waals surface area contributed by atoms with Gasteiger partial charge in [-0.3, -0.25) is 9.30 Å². The number of fused-ring (bicyclic) bond motifs is 1. The molecule has 1 saturated heterocycles. The summed E-state index contributed by atoms with van der Waals surface area (Å²) in [6.07, 6.45) is 7.41. The van der Waals surface area contributed by atoms with Crippen LogP contribution >= 0.6 is 11.3 Å². The lowest BCUT2D eigenvalue weighted by Crippen LogP contribution is -2.33. The number of hydrogen-bond acceptors (Lipinski definition) is 3. The van der Waals surface area contributed by atoms with Crippen molar-refractivity contribution in [3.8, 4) is 0 Å². The molecule has 3 nitrogen and oxygen atoms in total. The molecule has 0 spiro atoms. The highest BCUT2D eigenvalue weighted by molar-refractivity contribution is 7.15. The highest BCUT2D eigenvalue weighted by Gasteiger charge is 2.28. The van der Waals surface area contributed by atoms with E-state index in [1.165, 1.54) is 17.7 Å². The van der Waals surface area contributed by atoms with E-state index in [1.54, 1.807) is 23.5 Å². The maximum Gasteiger partial charge on any atom is 0.127 e. The van der Waals surface area contributed by atoms with E-state index in [0.29, 0.717) is 6.54 Å². The molecule has 114 valence electrons. The van der Waals surface area contributed by atoms with Crippen LogP contribution in [0.5, 0.6) is 0 Å². The maximum absolute atomic E-state index is 14.0. The molecule has 0 aliphatic carbocycles. The Bertz CT molecular complexity index is 779. The van der Waals surface area contributed by atoms with Crippen molar-refractivity contribution in [3.05, 3.63) is 59.2 Å². The minimum atomic E-state index is -0.113. The van der Waals surface area contributed by atoms with Crippen molar-refractivity contribution in [2.24, 2.45) is 0 Å². The molecule has 0 radical (unpaired) electrons. The van der Waals surface area contributed by atoms with Crippen LogP contribution in [0.3, 0.4) is 0 Å². The SMILES string of the molecule is Fc1ccccc1CN1CCCC[C@@H]1c1ncn2ccsc12. The zero-order valence-electron chi connectivity index (χ0n) is 12.3. The molecule has 5 heteroatoms. The number of imidazole rings is 1. The Hall–Kier alpha value is -1.72. The Morgan fingerprint density at radius 3 is 3.09 bits per heavy atom. The first-order chi connectivity index (χ1) is 10.8. The summed E-state index contributed by atoms with van der Waals surface area (Å²) in [6, 6.07) is 7.37. The summed E-state index contributed by atoms with van der Waals surface area (Å²) in [5, 5.41) is 2.09. The zero-order valence-corrected chi connectivity index (χ0v) is 13.1. The van der Waals surface area contributed by atoms with Gasteiger partial charge in [0.25, 0.3) is 0 Å². The zero-order chi connectivity index (χ0) is 14.9. The van der Waals surface area contributed by atoms with Gasteiger partial charge >= 0.3 is 0 Å². The fourth-order valence-corrected chi connectivity index (χ4v) is 4.18. The molecular formula is C17H18FN3S. The molecule has 0 bridgehead atoms. The van der Waals surface area contributed by atoms with Crippen LogP contribution in [0.4, 0.5) is 4.39 Å². The second-order valence-corrected chi connectivity index (χ2v) is 6.71. The van der Waals surface area contributed by atoms with Crippen LogP contribution < -0.4 is 0 Å². The van der Waals surface area contributed by atoms with Crippen LogP contribution in [0.2, 0.25) is 0 Å². The second kappa shape index (κ2) is 5.82. The Morgan fingerprint density at radius 2 is 2.18 bits per heavy atom. The van der Waals surface area contributed by atoms with Gasteiger partial charge in [0.1, 0.15) is 17.0 Å². The molecule has 1 aliphatic heterocycles. The third-order valence-corrected chi connectivity index (χ3v) is 5.34. The number of aromatic nitrogens is 2. The van der Waals surface area contributed by atoms with E-state index in [-0.39, 0.29) is 11.9 Å². The van der Waals surface area contributed by atoms with Crippen molar-refractivity contribution < 1.29 is 4.39 Å². The molecule has 1 aliphatic rings. The first-order valence-electron chi connectivity index (χ1n) is 7.70. The third-order valence-electron chi connectivity index (χ3n) is 4.44. The van der Waals surface area contributed by atoms with E-state index in [1.807, 2.05) is 24.7 Å². The molecule has 3 heterocycles. The Morgan fingerprint density at radius 1 is 1.27 bits per heavy atom. The van der Waals surface area contributed by atoms with Crippen LogP contribution in [-0.2, 0) is 6.54 Å². The normalized spacial score (nSPS) is 19.8. The molecule has 1 fully saturated rings. The number of rotatable bonds is 3. The van der Waals surface area contributed by atoms with Crippen LogP contribution in [-0.4, -0.2) is 20.8 Å². The number of likely N-dealkylation sites (tertiary alicyclic amines) is 1. The van der Waals surface area contributed by atoms with Crippen LogP contribution in [0.15, 0.2) is 42.2 Å². The Kier molecular flexibility index (Phi) is 3.68. The van der Waals surface area contributed by atoms with Crippen molar-refractivity contribution in [1.82, 2.24) is 14.3 Å². The summed E-state index contributed by atoms with van der Waals surface area (Å²) >= 11 is 1.73. The lowest BCUT2D eigenvalue weighted by molar-refractivity contribution is 0.137. The summed E-state index contributed by atoms with van der Waals surface area (Å²) in [7, 11) is 0. The van der Waals surface area contributed by atoms with Crippen molar-refractivity contribution in [2.75, 3.05) is 6.54 Å². The smallest absolute Gasteiger partial charge is 0.127 e. The third kappa shape index (κ3) is 2.44. The van der Waals surface area contributed by atoms with Gasteiger partial charge in [0.05, 0.1) is 11.7 Å². The number of hydrogen-bond donors (Lipinski definition) is 0. The van der Waals surface area contributed by atoms with Gasteiger partial charge in [-0.25, -0.2) is 9.37 Å². The van der Waals surface area contributed by atoms with Crippen molar-refractivity contribution in [2.45, 2.75) is 31.8 Å². The van der Waals surface area contributed by atoms with Gasteiger partial charge in [-0.15, -0.1) is 11.3 Å². The summed E-state index contributed by atoms with van der Waals surface area (Å²) in [5.41, 5.74) is 1.92. The van der Waals surface area contributed by atoms with Crippen molar-refractivity contribution in [1.29, 1.82) is 0 Å². The lowest BCUT2D eigenvalue weighted by Gasteiger charge is -2.34. The molecule has 3 aromatic rings. The average Bonchev–Trinajstić information content (AvgIpc) is 3.13. The predicted octanol–water partition coefficient (Wildman–Crippen LogP) is 4.26. The quantitative estimate of drug-likeness (QED) is 0.720. The molecule has 1 atom stereocenters. The van der Waals surface area contributed by atoms with Crippen LogP contribution in [0.25, 0.3) is 4.83 Å². The highest BCUT2D eigenvalue weighted by atomic mass is 32.1. The molecule has 0 unspecified atom stereocenters. The minimum Gasteiger partial charge on any atom is -0.297 e. The van der Waals surface area contributed by atoms with Crippen molar-refractivity contribution >= 4 is 16.2 Å². The van der Waals surface area contributed by atoms with Crippen LogP contribution in [0, 0.1) is 5.82 Å². The molecule has 0 N–H and O–H groups in total. The topological polar surface area (TPSA) is 20.5 Å². The van der Waals surface area contributed by atoms with Gasteiger partial charge in [0.15, 0.2) is 0 Å². The second-order valence-electron chi connectivity index (χ2n) is 5.82. The van der Waals surface area contributed by atoms with E-state index < -0.39 is 0 Å². The molecule has 2 aromatic heterocycles.